The van der Waals surface area contributed by atoms with Gasteiger partial charge in [-0.2, -0.15) is 4.72 Å². The number of rotatable bonds is 5. The number of carbonyl (C=O) groups excluding carboxylic acids is 1. The minimum absolute atomic E-state index is 0.130. The van der Waals surface area contributed by atoms with E-state index in [2.05, 4.69) is 10.0 Å². The second-order valence-electron chi connectivity index (χ2n) is 5.01. The molecule has 0 radical (unpaired) electrons. The van der Waals surface area contributed by atoms with Crippen molar-refractivity contribution in [3.63, 3.8) is 0 Å². The number of benzene rings is 2. The van der Waals surface area contributed by atoms with Crippen LogP contribution >= 0.6 is 0 Å². The van der Waals surface area contributed by atoms with Gasteiger partial charge in [0.2, 0.25) is 15.9 Å². The summed E-state index contributed by atoms with van der Waals surface area (Å²) in [5.74, 6) is -0.412. The third-order valence-electron chi connectivity index (χ3n) is 3.06. The SMILES string of the molecule is Cc1cccc(NC(=O)[C@@H](C)NS(=O)(=O)c2ccccc2)c1. The molecule has 22 heavy (non-hydrogen) atoms. The van der Waals surface area contributed by atoms with Crippen LogP contribution in [0.2, 0.25) is 0 Å². The standard InChI is InChI=1S/C16H18N2O3S/c1-12-7-6-8-14(11-12)17-16(19)13(2)18-22(20,21)15-9-4-3-5-10-15/h3-11,13,18H,1-2H3,(H,17,19)/t13-/m1/s1. The van der Waals surface area contributed by atoms with Crippen molar-refractivity contribution in [2.24, 2.45) is 0 Å². The molecule has 0 saturated heterocycles. The van der Waals surface area contributed by atoms with Gasteiger partial charge in [0.05, 0.1) is 10.9 Å². The number of sulfonamides is 1. The summed E-state index contributed by atoms with van der Waals surface area (Å²) in [4.78, 5) is 12.2. The average molecular weight is 318 g/mol. The maximum Gasteiger partial charge on any atom is 0.242 e. The van der Waals surface area contributed by atoms with E-state index in [0.717, 1.165) is 5.56 Å². The highest BCUT2D eigenvalue weighted by Crippen LogP contribution is 2.11. The molecule has 6 heteroatoms. The molecule has 2 aromatic rings. The van der Waals surface area contributed by atoms with Crippen molar-refractivity contribution >= 4 is 21.6 Å². The summed E-state index contributed by atoms with van der Waals surface area (Å²) in [6.45, 7) is 3.42. The lowest BCUT2D eigenvalue weighted by Crippen LogP contribution is -2.41. The Kier molecular flexibility index (Phi) is 4.95. The van der Waals surface area contributed by atoms with Crippen molar-refractivity contribution in [1.29, 1.82) is 0 Å². The van der Waals surface area contributed by atoms with E-state index in [1.54, 1.807) is 24.3 Å². The number of carbonyl (C=O) groups is 1. The predicted octanol–water partition coefficient (Wildman–Crippen LogP) is 2.30. The molecule has 1 atom stereocenters. The normalized spacial score (nSPS) is 12.6. The lowest BCUT2D eigenvalue weighted by Gasteiger charge is -2.14. The van der Waals surface area contributed by atoms with Crippen LogP contribution in [0, 0.1) is 6.92 Å². The fourth-order valence-corrected chi connectivity index (χ4v) is 3.15. The molecule has 0 aliphatic heterocycles. The molecule has 0 aliphatic carbocycles. The number of anilines is 1. The summed E-state index contributed by atoms with van der Waals surface area (Å²) in [5.41, 5.74) is 1.64. The predicted molar refractivity (Wildman–Crippen MR) is 86.0 cm³/mol. The Labute approximate surface area is 130 Å². The van der Waals surface area contributed by atoms with Gasteiger partial charge in [0, 0.05) is 5.69 Å². The van der Waals surface area contributed by atoms with Gasteiger partial charge in [-0.1, -0.05) is 30.3 Å². The third-order valence-corrected chi connectivity index (χ3v) is 4.62. The highest BCUT2D eigenvalue weighted by atomic mass is 32.2. The lowest BCUT2D eigenvalue weighted by atomic mass is 10.2. The number of hydrogen-bond acceptors (Lipinski definition) is 3. The first-order chi connectivity index (χ1) is 10.4. The molecule has 2 rings (SSSR count). The van der Waals surface area contributed by atoms with Gasteiger partial charge >= 0.3 is 0 Å². The first kappa shape index (κ1) is 16.2. The Hall–Kier alpha value is -2.18. The first-order valence-electron chi connectivity index (χ1n) is 6.83. The van der Waals surface area contributed by atoms with Gasteiger partial charge in [-0.25, -0.2) is 8.42 Å². The zero-order valence-electron chi connectivity index (χ0n) is 12.4. The van der Waals surface area contributed by atoms with E-state index in [4.69, 9.17) is 0 Å². The van der Waals surface area contributed by atoms with Gasteiger partial charge in [0.1, 0.15) is 0 Å². The molecule has 1 amide bonds. The van der Waals surface area contributed by atoms with Gasteiger partial charge in [0.15, 0.2) is 0 Å². The Balaban J connectivity index is 2.05. The summed E-state index contributed by atoms with van der Waals surface area (Å²) >= 11 is 0. The fourth-order valence-electron chi connectivity index (χ4n) is 1.93. The molecule has 116 valence electrons. The summed E-state index contributed by atoms with van der Waals surface area (Å²) in [7, 11) is -3.72. The maximum absolute atomic E-state index is 12.2. The second-order valence-corrected chi connectivity index (χ2v) is 6.73. The number of hydrogen-bond donors (Lipinski definition) is 2. The molecular formula is C16H18N2O3S. The molecule has 2 N–H and O–H groups in total. The monoisotopic (exact) mass is 318 g/mol. The average Bonchev–Trinajstić information content (AvgIpc) is 2.47. The Morgan fingerprint density at radius 2 is 1.73 bits per heavy atom. The van der Waals surface area contributed by atoms with Crippen LogP contribution in [0.3, 0.4) is 0 Å². The molecule has 0 unspecified atom stereocenters. The smallest absolute Gasteiger partial charge is 0.242 e. The molecule has 0 fully saturated rings. The van der Waals surface area contributed by atoms with Crippen molar-refractivity contribution in [3.05, 3.63) is 60.2 Å². The van der Waals surface area contributed by atoms with E-state index < -0.39 is 22.0 Å². The maximum atomic E-state index is 12.2. The van der Waals surface area contributed by atoms with Crippen LogP contribution in [0.4, 0.5) is 5.69 Å². The van der Waals surface area contributed by atoms with E-state index in [1.165, 1.54) is 19.1 Å². The van der Waals surface area contributed by atoms with E-state index in [-0.39, 0.29) is 4.90 Å². The van der Waals surface area contributed by atoms with Crippen LogP contribution < -0.4 is 10.0 Å². The summed E-state index contributed by atoms with van der Waals surface area (Å²) in [5, 5.41) is 2.69. The van der Waals surface area contributed by atoms with Crippen LogP contribution in [0.15, 0.2) is 59.5 Å². The van der Waals surface area contributed by atoms with Crippen molar-refractivity contribution in [3.8, 4) is 0 Å². The molecular weight excluding hydrogens is 300 g/mol. The van der Waals surface area contributed by atoms with Crippen molar-refractivity contribution < 1.29 is 13.2 Å². The summed E-state index contributed by atoms with van der Waals surface area (Å²) < 4.78 is 26.7. The van der Waals surface area contributed by atoms with Gasteiger partial charge in [-0.05, 0) is 43.7 Å². The molecule has 0 heterocycles. The molecule has 0 bridgehead atoms. The van der Waals surface area contributed by atoms with Gasteiger partial charge in [-0.3, -0.25) is 4.79 Å². The molecule has 0 saturated carbocycles. The first-order valence-corrected chi connectivity index (χ1v) is 8.32. The summed E-state index contributed by atoms with van der Waals surface area (Å²) in [6, 6.07) is 14.4. The summed E-state index contributed by atoms with van der Waals surface area (Å²) in [6.07, 6.45) is 0. The quantitative estimate of drug-likeness (QED) is 0.888. The minimum Gasteiger partial charge on any atom is -0.325 e. The molecule has 0 aliphatic rings. The second kappa shape index (κ2) is 6.72. The van der Waals surface area contributed by atoms with Gasteiger partial charge in [0.25, 0.3) is 0 Å². The van der Waals surface area contributed by atoms with Crippen molar-refractivity contribution in [2.45, 2.75) is 24.8 Å². The Bertz CT molecular complexity index is 758. The topological polar surface area (TPSA) is 75.3 Å². The number of aryl methyl sites for hydroxylation is 1. The van der Waals surface area contributed by atoms with E-state index in [1.807, 2.05) is 25.1 Å². The van der Waals surface area contributed by atoms with Gasteiger partial charge in [-0.15, -0.1) is 0 Å². The van der Waals surface area contributed by atoms with Crippen LogP contribution in [-0.4, -0.2) is 20.4 Å². The minimum atomic E-state index is -3.72. The van der Waals surface area contributed by atoms with E-state index >= 15 is 0 Å². The molecule has 0 aromatic heterocycles. The van der Waals surface area contributed by atoms with Crippen molar-refractivity contribution in [1.82, 2.24) is 4.72 Å². The largest absolute Gasteiger partial charge is 0.325 e. The zero-order valence-corrected chi connectivity index (χ0v) is 13.2. The highest BCUT2D eigenvalue weighted by Gasteiger charge is 2.21. The molecule has 5 nitrogen and oxygen atoms in total. The van der Waals surface area contributed by atoms with Crippen molar-refractivity contribution in [2.75, 3.05) is 5.32 Å². The third kappa shape index (κ3) is 4.16. The number of nitrogens with one attached hydrogen (secondary N) is 2. The lowest BCUT2D eigenvalue weighted by molar-refractivity contribution is -0.117. The molecule has 0 spiro atoms. The number of amides is 1. The van der Waals surface area contributed by atoms with E-state index in [9.17, 15) is 13.2 Å². The van der Waals surface area contributed by atoms with Crippen LogP contribution in [0.5, 0.6) is 0 Å². The van der Waals surface area contributed by atoms with Crippen LogP contribution in [-0.2, 0) is 14.8 Å². The Morgan fingerprint density at radius 1 is 1.05 bits per heavy atom. The van der Waals surface area contributed by atoms with Crippen LogP contribution in [0.25, 0.3) is 0 Å². The van der Waals surface area contributed by atoms with E-state index in [0.29, 0.717) is 5.69 Å². The zero-order chi connectivity index (χ0) is 16.2. The Morgan fingerprint density at radius 3 is 2.36 bits per heavy atom. The molecule has 2 aromatic carbocycles. The van der Waals surface area contributed by atoms with Crippen LogP contribution in [0.1, 0.15) is 12.5 Å². The van der Waals surface area contributed by atoms with Gasteiger partial charge < -0.3 is 5.32 Å². The fraction of sp³-hybridized carbons (Fsp3) is 0.188. The highest BCUT2D eigenvalue weighted by molar-refractivity contribution is 7.89.